The first-order valence-corrected chi connectivity index (χ1v) is 12.0. The maximum atomic E-state index is 12.9. The van der Waals surface area contributed by atoms with Crippen LogP contribution in [-0.4, -0.2) is 41.9 Å². The highest BCUT2D eigenvalue weighted by atomic mass is 32.2. The van der Waals surface area contributed by atoms with E-state index in [1.54, 1.807) is 37.3 Å². The summed E-state index contributed by atoms with van der Waals surface area (Å²) in [4.78, 5) is 4.02. The zero-order chi connectivity index (χ0) is 22.4. The van der Waals surface area contributed by atoms with Gasteiger partial charge in [0.05, 0.1) is 4.90 Å². The Balaban J connectivity index is 2.33. The zero-order valence-corrected chi connectivity index (χ0v) is 18.0. The molecule has 0 saturated carbocycles. The Morgan fingerprint density at radius 2 is 1.70 bits per heavy atom. The zero-order valence-electron chi connectivity index (χ0n) is 16.4. The lowest BCUT2D eigenvalue weighted by atomic mass is 10.2. The van der Waals surface area contributed by atoms with Crippen molar-refractivity contribution in [1.29, 1.82) is 0 Å². The number of rotatable bonds is 10. The molecule has 0 aliphatic rings. The molecule has 0 heterocycles. The van der Waals surface area contributed by atoms with Crippen molar-refractivity contribution in [3.63, 3.8) is 0 Å². The normalized spacial score (nSPS) is 12.7. The maximum absolute atomic E-state index is 12.9. The highest BCUT2D eigenvalue weighted by Gasteiger charge is 2.29. The molecule has 2 aromatic rings. The lowest BCUT2D eigenvalue weighted by Crippen LogP contribution is -2.27. The van der Waals surface area contributed by atoms with Crippen molar-refractivity contribution in [2.24, 2.45) is 16.6 Å². The van der Waals surface area contributed by atoms with E-state index >= 15 is 0 Å². The van der Waals surface area contributed by atoms with E-state index in [1.165, 1.54) is 18.2 Å². The van der Waals surface area contributed by atoms with E-state index < -0.39 is 31.1 Å². The maximum Gasteiger partial charge on any atom is 0.301 e. The van der Waals surface area contributed by atoms with E-state index in [0.717, 1.165) is 6.26 Å². The molecule has 1 unspecified atom stereocenters. The lowest BCUT2D eigenvalue weighted by molar-refractivity contribution is -0.0172. The van der Waals surface area contributed by atoms with E-state index in [2.05, 4.69) is 5.16 Å². The molecule has 1 atom stereocenters. The minimum atomic E-state index is -4.51. The lowest BCUT2D eigenvalue weighted by Gasteiger charge is -2.19. The van der Waals surface area contributed by atoms with E-state index in [9.17, 15) is 16.8 Å². The third-order valence-corrected chi connectivity index (χ3v) is 6.26. The van der Waals surface area contributed by atoms with E-state index in [-0.39, 0.29) is 23.9 Å². The summed E-state index contributed by atoms with van der Waals surface area (Å²) in [6.45, 7) is 1.50. The molecule has 10 nitrogen and oxygen atoms in total. The number of hydrogen-bond donors (Lipinski definition) is 2. The van der Waals surface area contributed by atoms with Gasteiger partial charge in [0.25, 0.3) is 0 Å². The number of oxime groups is 1. The van der Waals surface area contributed by atoms with Crippen molar-refractivity contribution in [2.45, 2.75) is 29.4 Å². The highest BCUT2D eigenvalue weighted by molar-refractivity contribution is 7.92. The Bertz CT molecular complexity index is 1100. The summed E-state index contributed by atoms with van der Waals surface area (Å²) in [5.74, 6) is 0.0359. The van der Waals surface area contributed by atoms with Crippen LogP contribution in [0.3, 0.4) is 0 Å². The van der Waals surface area contributed by atoms with Gasteiger partial charge in [-0.05, 0) is 41.9 Å². The molecular weight excluding hydrogens is 434 g/mol. The molecule has 0 aliphatic carbocycles. The molecule has 164 valence electrons. The Hall–Kier alpha value is -2.83. The van der Waals surface area contributed by atoms with Gasteiger partial charge in [-0.2, -0.15) is 8.42 Å². The number of benzene rings is 2. The Morgan fingerprint density at radius 1 is 1.03 bits per heavy atom. The van der Waals surface area contributed by atoms with Gasteiger partial charge in [0, 0.05) is 12.7 Å². The van der Waals surface area contributed by atoms with Crippen molar-refractivity contribution < 1.29 is 30.6 Å². The van der Waals surface area contributed by atoms with Gasteiger partial charge in [-0.15, -0.1) is 0 Å². The van der Waals surface area contributed by atoms with Crippen molar-refractivity contribution in [3.05, 3.63) is 54.1 Å². The number of aryl methyl sites for hydroxylation is 1. The highest BCUT2D eigenvalue weighted by Crippen LogP contribution is 2.26. The van der Waals surface area contributed by atoms with Gasteiger partial charge in [0.15, 0.2) is 9.84 Å². The molecule has 0 radical (unpaired) electrons. The SMILES string of the molecule is Cc1ccc(S(C)(=O)=O)c(S(=O)(=O)OC(CCON=C(N)N)Oc2ccccc2)c1. The number of ether oxygens (including phenoxy) is 1. The number of guanidine groups is 1. The quantitative estimate of drug-likeness (QED) is 0.133. The summed E-state index contributed by atoms with van der Waals surface area (Å²) in [5, 5.41) is 3.35. The number of sulfone groups is 1. The fourth-order valence-electron chi connectivity index (χ4n) is 2.36. The Morgan fingerprint density at radius 3 is 2.30 bits per heavy atom. The molecule has 0 fully saturated rings. The average molecular weight is 458 g/mol. The van der Waals surface area contributed by atoms with Crippen LogP contribution in [0.15, 0.2) is 63.5 Å². The molecule has 0 aromatic heterocycles. The molecule has 0 aliphatic heterocycles. The molecule has 0 saturated heterocycles. The Labute approximate surface area is 175 Å². The first kappa shape index (κ1) is 23.4. The predicted molar refractivity (Wildman–Crippen MR) is 110 cm³/mol. The molecule has 12 heteroatoms. The number of para-hydroxylation sites is 1. The third kappa shape index (κ3) is 6.90. The van der Waals surface area contributed by atoms with Crippen LogP contribution < -0.4 is 16.2 Å². The second-order valence-corrected chi connectivity index (χ2v) is 9.80. The van der Waals surface area contributed by atoms with Crippen LogP contribution in [0.1, 0.15) is 12.0 Å². The van der Waals surface area contributed by atoms with Crippen LogP contribution in [0, 0.1) is 6.92 Å². The van der Waals surface area contributed by atoms with Crippen LogP contribution in [-0.2, 0) is 29.0 Å². The summed E-state index contributed by atoms with van der Waals surface area (Å²) < 4.78 is 60.8. The summed E-state index contributed by atoms with van der Waals surface area (Å²) in [7, 11) is -8.34. The number of nitrogens with zero attached hydrogens (tertiary/aromatic N) is 1. The first-order valence-electron chi connectivity index (χ1n) is 8.65. The first-order chi connectivity index (χ1) is 14.0. The van der Waals surface area contributed by atoms with Crippen molar-refractivity contribution in [2.75, 3.05) is 12.9 Å². The second-order valence-electron chi connectivity index (χ2n) is 6.27. The summed E-state index contributed by atoms with van der Waals surface area (Å²) >= 11 is 0. The minimum absolute atomic E-state index is 0.0784. The average Bonchev–Trinajstić information content (AvgIpc) is 2.64. The van der Waals surface area contributed by atoms with Crippen molar-refractivity contribution in [1.82, 2.24) is 0 Å². The summed E-state index contributed by atoms with van der Waals surface area (Å²) in [6.07, 6.45) is -0.498. The molecule has 0 spiro atoms. The summed E-state index contributed by atoms with van der Waals surface area (Å²) in [5.41, 5.74) is 10.9. The monoisotopic (exact) mass is 457 g/mol. The predicted octanol–water partition coefficient (Wildman–Crippen LogP) is 1.10. The minimum Gasteiger partial charge on any atom is -0.464 e. The van der Waals surface area contributed by atoms with Crippen LogP contribution in [0.25, 0.3) is 0 Å². The fourth-order valence-corrected chi connectivity index (χ4v) is 5.02. The number of nitrogens with two attached hydrogens (primary N) is 2. The fraction of sp³-hybridized carbons (Fsp3) is 0.278. The van der Waals surface area contributed by atoms with E-state index in [1.807, 2.05) is 0 Å². The second kappa shape index (κ2) is 9.78. The topological polar surface area (TPSA) is 160 Å². The number of hydrogen-bond acceptors (Lipinski definition) is 8. The molecular formula is C18H23N3O7S2. The standard InChI is InChI=1S/C18H23N3O7S2/c1-13-8-9-15(29(2,22)23)16(12-13)30(24,25)28-17(10-11-26-21-18(19)20)27-14-6-4-3-5-7-14/h3-9,12,17H,10-11H2,1-2H3,(H4,19,20,21). The van der Waals surface area contributed by atoms with Gasteiger partial charge in [0.2, 0.25) is 12.2 Å². The smallest absolute Gasteiger partial charge is 0.301 e. The van der Waals surface area contributed by atoms with Gasteiger partial charge < -0.3 is 21.0 Å². The van der Waals surface area contributed by atoms with Gasteiger partial charge in [0.1, 0.15) is 17.3 Å². The molecule has 2 aromatic carbocycles. The molecule has 2 rings (SSSR count). The van der Waals surface area contributed by atoms with Crippen LogP contribution in [0.2, 0.25) is 0 Å². The van der Waals surface area contributed by atoms with Crippen LogP contribution in [0.5, 0.6) is 5.75 Å². The van der Waals surface area contributed by atoms with Gasteiger partial charge in [-0.25, -0.2) is 12.6 Å². The van der Waals surface area contributed by atoms with Gasteiger partial charge in [-0.3, -0.25) is 0 Å². The summed E-state index contributed by atoms with van der Waals surface area (Å²) in [6, 6.07) is 12.3. The van der Waals surface area contributed by atoms with Gasteiger partial charge >= 0.3 is 10.1 Å². The van der Waals surface area contributed by atoms with Crippen molar-refractivity contribution in [3.8, 4) is 5.75 Å². The largest absolute Gasteiger partial charge is 0.464 e. The van der Waals surface area contributed by atoms with Crippen LogP contribution >= 0.6 is 0 Å². The molecule has 30 heavy (non-hydrogen) atoms. The van der Waals surface area contributed by atoms with E-state index in [4.69, 9.17) is 25.2 Å². The van der Waals surface area contributed by atoms with Crippen LogP contribution in [0.4, 0.5) is 0 Å². The van der Waals surface area contributed by atoms with E-state index in [0.29, 0.717) is 11.3 Å². The van der Waals surface area contributed by atoms with Crippen molar-refractivity contribution >= 4 is 25.9 Å². The third-order valence-electron chi connectivity index (χ3n) is 3.63. The van der Waals surface area contributed by atoms with Gasteiger partial charge in [-0.1, -0.05) is 24.3 Å². The molecule has 4 N–H and O–H groups in total. The Kier molecular flexibility index (Phi) is 7.65. The molecule has 0 amide bonds. The molecule has 0 bridgehead atoms.